The molecule has 0 aliphatic carbocycles. The predicted molar refractivity (Wildman–Crippen MR) is 122 cm³/mol. The number of hydrogen-bond acceptors (Lipinski definition) is 4. The van der Waals surface area contributed by atoms with Crippen molar-refractivity contribution in [2.45, 2.75) is 39.3 Å². The first-order valence-electron chi connectivity index (χ1n) is 9.99. The van der Waals surface area contributed by atoms with E-state index in [2.05, 4.69) is 33.1 Å². The third-order valence-corrected chi connectivity index (χ3v) is 6.40. The van der Waals surface area contributed by atoms with Crippen molar-refractivity contribution in [1.29, 1.82) is 0 Å². The maximum Gasteiger partial charge on any atom is 0.251 e. The normalized spacial score (nSPS) is 14.5. The lowest BCUT2D eigenvalue weighted by atomic mass is 9.86. The van der Waals surface area contributed by atoms with Gasteiger partial charge in [0.15, 0.2) is 5.76 Å². The van der Waals surface area contributed by atoms with Gasteiger partial charge in [0.2, 0.25) is 5.91 Å². The van der Waals surface area contributed by atoms with Gasteiger partial charge < -0.3 is 14.7 Å². The number of nitrogens with zero attached hydrogens (tertiary/aromatic N) is 2. The van der Waals surface area contributed by atoms with Crippen molar-refractivity contribution in [3.8, 4) is 0 Å². The average Bonchev–Trinajstić information content (AvgIpc) is 3.21. The minimum absolute atomic E-state index is 0.142. The number of rotatable bonds is 5. The van der Waals surface area contributed by atoms with E-state index in [0.717, 1.165) is 5.56 Å². The first-order chi connectivity index (χ1) is 15.5. The zero-order valence-electron chi connectivity index (χ0n) is 17.9. The van der Waals surface area contributed by atoms with Gasteiger partial charge >= 0.3 is 0 Å². The summed E-state index contributed by atoms with van der Waals surface area (Å²) in [6.07, 6.45) is 0. The molecule has 3 aromatic rings. The Balaban J connectivity index is 1.64. The summed E-state index contributed by atoms with van der Waals surface area (Å²) in [5.41, 5.74) is 0.950. The highest BCUT2D eigenvalue weighted by atomic mass is 127. The molecule has 0 spiro atoms. The molecule has 4 rings (SSSR count). The van der Waals surface area contributed by atoms with E-state index in [0.29, 0.717) is 32.8 Å². The van der Waals surface area contributed by atoms with Gasteiger partial charge in [-0.25, -0.2) is 13.2 Å². The SMILES string of the molecule is Cc1cc(CN2C(=O)C(C)(C)c3c(I)cc(C(=O)NCc4c(F)cc(F)cc4F)cc32)on1. The predicted octanol–water partition coefficient (Wildman–Crippen LogP) is 4.76. The van der Waals surface area contributed by atoms with Crippen molar-refractivity contribution in [2.24, 2.45) is 0 Å². The third kappa shape index (κ3) is 4.23. The molecule has 33 heavy (non-hydrogen) atoms. The number of benzene rings is 2. The maximum atomic E-state index is 13.9. The summed E-state index contributed by atoms with van der Waals surface area (Å²) in [7, 11) is 0. The van der Waals surface area contributed by atoms with Crippen LogP contribution in [0.5, 0.6) is 0 Å². The van der Waals surface area contributed by atoms with E-state index in [4.69, 9.17) is 4.52 Å². The van der Waals surface area contributed by atoms with Gasteiger partial charge in [-0.05, 0) is 55.5 Å². The Kier molecular flexibility index (Phi) is 5.97. The van der Waals surface area contributed by atoms with Gasteiger partial charge in [0.25, 0.3) is 5.91 Å². The minimum Gasteiger partial charge on any atom is -0.359 e. The van der Waals surface area contributed by atoms with Gasteiger partial charge in [-0.2, -0.15) is 0 Å². The topological polar surface area (TPSA) is 75.4 Å². The molecule has 0 radical (unpaired) electrons. The number of halogens is 4. The molecule has 0 bridgehead atoms. The van der Waals surface area contributed by atoms with Crippen molar-refractivity contribution < 1.29 is 27.3 Å². The number of amides is 2. The van der Waals surface area contributed by atoms with Crippen molar-refractivity contribution in [3.63, 3.8) is 0 Å². The van der Waals surface area contributed by atoms with Gasteiger partial charge in [-0.1, -0.05) is 5.16 Å². The Morgan fingerprint density at radius 2 is 1.82 bits per heavy atom. The third-order valence-electron chi connectivity index (χ3n) is 5.55. The zero-order valence-corrected chi connectivity index (χ0v) is 20.1. The number of carbonyl (C=O) groups is 2. The summed E-state index contributed by atoms with van der Waals surface area (Å²) >= 11 is 2.06. The molecule has 6 nitrogen and oxygen atoms in total. The molecule has 172 valence electrons. The van der Waals surface area contributed by atoms with Crippen LogP contribution in [0.25, 0.3) is 0 Å². The van der Waals surface area contributed by atoms with Crippen LogP contribution in [0.1, 0.15) is 46.8 Å². The first-order valence-corrected chi connectivity index (χ1v) is 11.1. The van der Waals surface area contributed by atoms with Gasteiger partial charge in [-0.3, -0.25) is 9.59 Å². The summed E-state index contributed by atoms with van der Waals surface area (Å²) in [6, 6.07) is 6.02. The number of aryl methyl sites for hydroxylation is 1. The van der Waals surface area contributed by atoms with Crippen molar-refractivity contribution in [1.82, 2.24) is 10.5 Å². The molecule has 1 aliphatic heterocycles. The molecule has 0 saturated heterocycles. The lowest BCUT2D eigenvalue weighted by molar-refractivity contribution is -0.122. The molecule has 0 fully saturated rings. The molecule has 0 unspecified atom stereocenters. The maximum absolute atomic E-state index is 13.9. The number of anilines is 1. The molecular weight excluding hydrogens is 550 g/mol. The molecule has 0 saturated carbocycles. The largest absolute Gasteiger partial charge is 0.359 e. The lowest BCUT2D eigenvalue weighted by Crippen LogP contribution is -2.35. The Labute approximate surface area is 201 Å². The Morgan fingerprint density at radius 3 is 2.42 bits per heavy atom. The lowest BCUT2D eigenvalue weighted by Gasteiger charge is -2.19. The van der Waals surface area contributed by atoms with E-state index in [9.17, 15) is 22.8 Å². The summed E-state index contributed by atoms with van der Waals surface area (Å²) in [5.74, 6) is -3.46. The molecule has 10 heteroatoms. The fraction of sp³-hybridized carbons (Fsp3) is 0.261. The molecule has 1 N–H and O–H groups in total. The Morgan fingerprint density at radius 1 is 1.15 bits per heavy atom. The van der Waals surface area contributed by atoms with Crippen LogP contribution in [0.2, 0.25) is 0 Å². The highest BCUT2D eigenvalue weighted by molar-refractivity contribution is 14.1. The molecule has 1 aliphatic rings. The Bertz CT molecular complexity index is 1270. The second-order valence-electron chi connectivity index (χ2n) is 8.33. The van der Waals surface area contributed by atoms with Crippen LogP contribution in [-0.2, 0) is 23.3 Å². The van der Waals surface area contributed by atoms with E-state index >= 15 is 0 Å². The van der Waals surface area contributed by atoms with Crippen LogP contribution < -0.4 is 10.2 Å². The second kappa shape index (κ2) is 8.47. The Hall–Kier alpha value is -2.89. The van der Waals surface area contributed by atoms with E-state index in [1.165, 1.54) is 4.90 Å². The van der Waals surface area contributed by atoms with Crippen LogP contribution >= 0.6 is 22.6 Å². The minimum atomic E-state index is -1.09. The van der Waals surface area contributed by atoms with E-state index in [1.807, 2.05) is 13.8 Å². The fourth-order valence-electron chi connectivity index (χ4n) is 3.92. The number of fused-ring (bicyclic) bond motifs is 1. The van der Waals surface area contributed by atoms with E-state index in [-0.39, 0.29) is 18.0 Å². The van der Waals surface area contributed by atoms with Gasteiger partial charge in [-0.15, -0.1) is 0 Å². The van der Waals surface area contributed by atoms with E-state index < -0.39 is 40.9 Å². The van der Waals surface area contributed by atoms with Crippen LogP contribution in [0.3, 0.4) is 0 Å². The van der Waals surface area contributed by atoms with Gasteiger partial charge in [0.1, 0.15) is 17.5 Å². The van der Waals surface area contributed by atoms with Crippen LogP contribution in [0, 0.1) is 27.9 Å². The standard InChI is InChI=1S/C23H19F3IN3O3/c1-11-4-14(33-29-11)10-30-19-6-12(5-18(27)20(19)23(2,3)22(30)32)21(31)28-9-15-16(25)7-13(24)8-17(15)26/h4-8H,9-10H2,1-3H3,(H,28,31). The van der Waals surface area contributed by atoms with Gasteiger partial charge in [0, 0.05) is 45.0 Å². The van der Waals surface area contributed by atoms with Crippen LogP contribution in [-0.4, -0.2) is 17.0 Å². The summed E-state index contributed by atoms with van der Waals surface area (Å²) in [5, 5.41) is 6.31. The smallest absolute Gasteiger partial charge is 0.251 e. The van der Waals surface area contributed by atoms with Crippen LogP contribution in [0.4, 0.5) is 18.9 Å². The summed E-state index contributed by atoms with van der Waals surface area (Å²) in [6.45, 7) is 5.07. The zero-order chi connectivity index (χ0) is 24.1. The molecule has 2 heterocycles. The molecular formula is C23H19F3IN3O3. The van der Waals surface area contributed by atoms with E-state index in [1.54, 1.807) is 25.1 Å². The molecule has 2 amide bonds. The van der Waals surface area contributed by atoms with Crippen molar-refractivity contribution in [3.05, 3.63) is 79.5 Å². The average molecular weight is 569 g/mol. The quantitative estimate of drug-likeness (QED) is 0.450. The molecule has 1 aromatic heterocycles. The monoisotopic (exact) mass is 569 g/mol. The molecule has 2 aromatic carbocycles. The second-order valence-corrected chi connectivity index (χ2v) is 9.50. The fourth-order valence-corrected chi connectivity index (χ4v) is 5.21. The number of aromatic nitrogens is 1. The molecule has 0 atom stereocenters. The van der Waals surface area contributed by atoms with Crippen molar-refractivity contribution in [2.75, 3.05) is 4.90 Å². The highest BCUT2D eigenvalue weighted by Gasteiger charge is 2.46. The summed E-state index contributed by atoms with van der Waals surface area (Å²) in [4.78, 5) is 27.5. The first kappa shape index (κ1) is 23.3. The van der Waals surface area contributed by atoms with Crippen molar-refractivity contribution >= 4 is 40.1 Å². The number of carbonyl (C=O) groups excluding carboxylic acids is 2. The van der Waals surface area contributed by atoms with Crippen LogP contribution in [0.15, 0.2) is 34.9 Å². The highest BCUT2D eigenvalue weighted by Crippen LogP contribution is 2.45. The van der Waals surface area contributed by atoms with Gasteiger partial charge in [0.05, 0.1) is 23.3 Å². The summed E-state index contributed by atoms with van der Waals surface area (Å²) < 4.78 is 46.9. The number of nitrogens with one attached hydrogen (secondary N) is 1. The number of hydrogen-bond donors (Lipinski definition) is 1.